The molecule has 1 aliphatic heterocycles. The maximum Gasteiger partial charge on any atom is 0.486 e. The highest BCUT2D eigenvalue weighted by Gasteiger charge is 2.68. The van der Waals surface area contributed by atoms with Crippen LogP contribution in [0.3, 0.4) is 0 Å². The molecule has 40 heavy (non-hydrogen) atoms. The van der Waals surface area contributed by atoms with Crippen molar-refractivity contribution in [2.24, 2.45) is 29.1 Å². The molecule has 4 saturated carbocycles. The molecule has 9 heteroatoms. The minimum absolute atomic E-state index is 0. The van der Waals surface area contributed by atoms with E-state index < -0.39 is 19.1 Å². The van der Waals surface area contributed by atoms with Gasteiger partial charge >= 0.3 is 7.12 Å². The van der Waals surface area contributed by atoms with E-state index in [9.17, 15) is 9.59 Å². The molecule has 5 aliphatic rings. The highest BCUT2D eigenvalue weighted by molar-refractivity contribution is 6.47. The molecule has 1 aromatic rings. The van der Waals surface area contributed by atoms with Crippen molar-refractivity contribution < 1.29 is 37.0 Å². The van der Waals surface area contributed by atoms with Gasteiger partial charge in [0.1, 0.15) is 6.04 Å². The van der Waals surface area contributed by atoms with Gasteiger partial charge in [-0.3, -0.25) is 9.59 Å². The fourth-order valence-corrected chi connectivity index (χ4v) is 7.99. The number of halogens is 1. The maximum atomic E-state index is 13.8. The number of quaternary nitrogens is 1. The van der Waals surface area contributed by atoms with Crippen molar-refractivity contribution in [2.75, 3.05) is 0 Å². The standard InChI is InChI=1S/C31H48BN3O4.ClH/c1-19(2)26(34-28(36)23(33)16-20-12-8-6-9-13-20)29(37)35-27(21-14-10-7-11-15-21)32-38-25-18-22-17-24(30(22,3)4)31(25,5)39-32;/h7,10-11,14-15,19-20,22-27H,6,8-9,12-13,16-18,33H2,1-5H3,(H,34,36)(H,35,37);1H/t22-,23+,24-,25+,26-,27-,31-;/m0./s1. The molecule has 2 bridgehead atoms. The molecule has 1 saturated heterocycles. The topological polar surface area (TPSA) is 104 Å². The van der Waals surface area contributed by atoms with Gasteiger partial charge in [-0.1, -0.05) is 90.1 Å². The van der Waals surface area contributed by atoms with Gasteiger partial charge in [0.25, 0.3) is 5.91 Å². The molecule has 0 unspecified atom stereocenters. The van der Waals surface area contributed by atoms with E-state index in [1.54, 1.807) is 0 Å². The number of rotatable bonds is 9. The van der Waals surface area contributed by atoms with Crippen molar-refractivity contribution in [3.8, 4) is 0 Å². The minimum atomic E-state index is -0.662. The number of carbonyl (C=O) groups is 2. The highest BCUT2D eigenvalue weighted by atomic mass is 35.5. The number of amides is 2. The van der Waals surface area contributed by atoms with Crippen molar-refractivity contribution in [2.45, 2.75) is 116 Å². The Kier molecular flexibility index (Phi) is 9.65. The van der Waals surface area contributed by atoms with Crippen LogP contribution >= 0.6 is 0 Å². The first-order valence-electron chi connectivity index (χ1n) is 15.3. The monoisotopic (exact) mass is 573 g/mol. The van der Waals surface area contributed by atoms with Gasteiger partial charge in [0.05, 0.1) is 17.6 Å². The quantitative estimate of drug-likeness (QED) is 0.381. The molecule has 2 amide bonds. The summed E-state index contributed by atoms with van der Waals surface area (Å²) < 4.78 is 13.4. The zero-order valence-corrected chi connectivity index (χ0v) is 25.7. The third kappa shape index (κ3) is 5.97. The van der Waals surface area contributed by atoms with E-state index in [2.05, 4.69) is 37.1 Å². The van der Waals surface area contributed by atoms with Crippen LogP contribution in [0.2, 0.25) is 0 Å². The number of nitrogens with one attached hydrogen (secondary N) is 2. The Morgan fingerprint density at radius 1 is 1.02 bits per heavy atom. The van der Waals surface area contributed by atoms with Gasteiger partial charge in [0.15, 0.2) is 6.04 Å². The van der Waals surface area contributed by atoms with E-state index in [-0.39, 0.29) is 53.3 Å². The van der Waals surface area contributed by atoms with Gasteiger partial charge in [0, 0.05) is 6.42 Å². The van der Waals surface area contributed by atoms with Crippen LogP contribution in [0.1, 0.15) is 97.5 Å². The lowest BCUT2D eigenvalue weighted by atomic mass is 9.43. The molecule has 7 nitrogen and oxygen atoms in total. The first-order chi connectivity index (χ1) is 18.5. The normalized spacial score (nSPS) is 31.3. The second kappa shape index (κ2) is 12.3. The summed E-state index contributed by atoms with van der Waals surface area (Å²) in [6.07, 6.45) is 9.08. The van der Waals surface area contributed by atoms with Gasteiger partial charge in [0.2, 0.25) is 5.91 Å². The summed E-state index contributed by atoms with van der Waals surface area (Å²) in [6, 6.07) is 8.90. The number of hydrogen-bond donors (Lipinski definition) is 3. The van der Waals surface area contributed by atoms with Gasteiger partial charge in [-0.25, -0.2) is 0 Å². The van der Waals surface area contributed by atoms with Crippen molar-refractivity contribution in [3.05, 3.63) is 35.9 Å². The molecule has 0 aromatic heterocycles. The fraction of sp³-hybridized carbons (Fsp3) is 0.742. The Morgan fingerprint density at radius 2 is 1.70 bits per heavy atom. The summed E-state index contributed by atoms with van der Waals surface area (Å²) in [4.78, 5) is 26.9. The third-order valence-corrected chi connectivity index (χ3v) is 10.7. The molecule has 5 fully saturated rings. The zero-order chi connectivity index (χ0) is 27.9. The van der Waals surface area contributed by atoms with E-state index in [0.717, 1.165) is 18.4 Å². The smallest absolute Gasteiger partial charge is 0.486 e. The van der Waals surface area contributed by atoms with Crippen LogP contribution in [-0.2, 0) is 18.9 Å². The van der Waals surface area contributed by atoms with Crippen LogP contribution in [-0.4, -0.2) is 42.7 Å². The third-order valence-electron chi connectivity index (χ3n) is 10.7. The Balaban J connectivity index is 0.00000370. The highest BCUT2D eigenvalue weighted by Crippen LogP contribution is 2.66. The molecule has 5 N–H and O–H groups in total. The van der Waals surface area contributed by atoms with E-state index in [1.165, 1.54) is 38.5 Å². The first kappa shape index (κ1) is 31.3. The van der Waals surface area contributed by atoms with Crippen LogP contribution < -0.4 is 28.8 Å². The van der Waals surface area contributed by atoms with Crippen LogP contribution in [0.15, 0.2) is 30.3 Å². The van der Waals surface area contributed by atoms with Crippen molar-refractivity contribution >= 4 is 18.9 Å². The van der Waals surface area contributed by atoms with Gasteiger partial charge in [-0.05, 0) is 54.4 Å². The van der Waals surface area contributed by atoms with Crippen LogP contribution in [0, 0.1) is 29.1 Å². The Hall–Kier alpha value is -1.61. The van der Waals surface area contributed by atoms with Gasteiger partial charge in [-0.2, -0.15) is 0 Å². The van der Waals surface area contributed by atoms with E-state index in [0.29, 0.717) is 17.8 Å². The van der Waals surface area contributed by atoms with Crippen molar-refractivity contribution in [3.63, 3.8) is 0 Å². The maximum absolute atomic E-state index is 13.8. The van der Waals surface area contributed by atoms with E-state index >= 15 is 0 Å². The summed E-state index contributed by atoms with van der Waals surface area (Å²) in [7, 11) is -0.586. The summed E-state index contributed by atoms with van der Waals surface area (Å²) in [5, 5.41) is 6.27. The second-order valence-electron chi connectivity index (χ2n) is 13.9. The molecule has 222 valence electrons. The second-order valence-corrected chi connectivity index (χ2v) is 13.9. The molecule has 6 rings (SSSR count). The fourth-order valence-electron chi connectivity index (χ4n) is 7.99. The SMILES string of the molecule is CC(C)[C@H](NC(=O)[C@H]([NH3+])CC1CCCCC1)C(=O)N[C@H](B1O[C@@H]2C[C@@H]3C[C@@H](C3(C)C)[C@]2(C)O1)c1ccccc1.[Cl-]. The number of carbonyl (C=O) groups excluding carboxylic acids is 2. The molecule has 7 atom stereocenters. The summed E-state index contributed by atoms with van der Waals surface area (Å²) in [6.45, 7) is 10.8. The summed E-state index contributed by atoms with van der Waals surface area (Å²) >= 11 is 0. The predicted molar refractivity (Wildman–Crippen MR) is 152 cm³/mol. The summed E-state index contributed by atoms with van der Waals surface area (Å²) in [5.41, 5.74) is 4.97. The zero-order valence-electron chi connectivity index (χ0n) is 25.0. The average molecular weight is 574 g/mol. The molecule has 1 heterocycles. The Morgan fingerprint density at radius 3 is 2.33 bits per heavy atom. The molecule has 1 aromatic carbocycles. The largest absolute Gasteiger partial charge is 1.00 e. The molecular formula is C31H49BClN3O4. The van der Waals surface area contributed by atoms with Crippen LogP contribution in [0.5, 0.6) is 0 Å². The van der Waals surface area contributed by atoms with E-state index in [1.807, 2.05) is 44.2 Å². The number of benzene rings is 1. The lowest BCUT2D eigenvalue weighted by molar-refractivity contribution is -0.407. The lowest BCUT2D eigenvalue weighted by Crippen LogP contribution is -3.00. The van der Waals surface area contributed by atoms with Gasteiger partial charge in [-0.15, -0.1) is 0 Å². The number of hydrogen-bond acceptors (Lipinski definition) is 4. The Labute approximate surface area is 247 Å². The van der Waals surface area contributed by atoms with Crippen LogP contribution in [0.25, 0.3) is 0 Å². The van der Waals surface area contributed by atoms with Crippen LogP contribution in [0.4, 0.5) is 0 Å². The molecule has 0 radical (unpaired) electrons. The molecular weight excluding hydrogens is 525 g/mol. The van der Waals surface area contributed by atoms with Crippen molar-refractivity contribution in [1.82, 2.24) is 10.6 Å². The Bertz CT molecular complexity index is 1040. The average Bonchev–Trinajstić information content (AvgIpc) is 3.27. The minimum Gasteiger partial charge on any atom is -1.00 e. The molecule has 4 aliphatic carbocycles. The van der Waals surface area contributed by atoms with Gasteiger partial charge < -0.3 is 38.1 Å². The van der Waals surface area contributed by atoms with E-state index in [4.69, 9.17) is 9.31 Å². The van der Waals surface area contributed by atoms with Crippen molar-refractivity contribution in [1.29, 1.82) is 0 Å². The lowest BCUT2D eigenvalue weighted by Gasteiger charge is -2.64. The first-order valence-corrected chi connectivity index (χ1v) is 15.3. The molecule has 0 spiro atoms. The summed E-state index contributed by atoms with van der Waals surface area (Å²) in [5.74, 6) is 0.735. The predicted octanol–water partition coefficient (Wildman–Crippen LogP) is 0.837.